The van der Waals surface area contributed by atoms with Crippen LogP contribution in [-0.4, -0.2) is 51.1 Å². The summed E-state index contributed by atoms with van der Waals surface area (Å²) in [5, 5.41) is 6.83. The molecule has 1 aromatic rings. The monoisotopic (exact) mass is 312 g/mol. The van der Waals surface area contributed by atoms with Crippen LogP contribution in [0.15, 0.2) is 0 Å². The molecule has 1 aliphatic rings. The molecular formula is C14H24N4O2S. The van der Waals surface area contributed by atoms with Crippen LogP contribution in [0.2, 0.25) is 0 Å². The standard InChI is InChI=1S/C14H24N4O2S/c1-4-18-6-5-9(8-18)7-17-14-11(20-3)10(15)12(21-14)13(19)16-2/h9,17H,4-8,15H2,1-3H3,(H,16,19). The van der Waals surface area contributed by atoms with Gasteiger partial charge < -0.3 is 26.0 Å². The molecule has 1 unspecified atom stereocenters. The predicted octanol–water partition coefficient (Wildman–Crippen LogP) is 1.45. The van der Waals surface area contributed by atoms with Crippen molar-refractivity contribution in [1.82, 2.24) is 10.2 Å². The van der Waals surface area contributed by atoms with Crippen LogP contribution in [-0.2, 0) is 0 Å². The molecule has 1 aliphatic heterocycles. The third-order valence-electron chi connectivity index (χ3n) is 3.91. The molecule has 1 fully saturated rings. The predicted molar refractivity (Wildman–Crippen MR) is 87.4 cm³/mol. The Morgan fingerprint density at radius 3 is 2.90 bits per heavy atom. The Hall–Kier alpha value is -1.47. The van der Waals surface area contributed by atoms with E-state index in [0.717, 1.165) is 31.2 Å². The summed E-state index contributed by atoms with van der Waals surface area (Å²) in [4.78, 5) is 14.7. The number of carbonyl (C=O) groups excluding carboxylic acids is 1. The molecule has 7 heteroatoms. The Labute approximate surface area is 129 Å². The second kappa shape index (κ2) is 7.00. The molecule has 6 nitrogen and oxygen atoms in total. The van der Waals surface area contributed by atoms with E-state index in [-0.39, 0.29) is 5.91 Å². The van der Waals surface area contributed by atoms with Crippen LogP contribution in [0.5, 0.6) is 5.75 Å². The van der Waals surface area contributed by atoms with Gasteiger partial charge in [0, 0.05) is 20.1 Å². The molecule has 4 N–H and O–H groups in total. The van der Waals surface area contributed by atoms with Crippen molar-refractivity contribution in [2.45, 2.75) is 13.3 Å². The fraction of sp³-hybridized carbons (Fsp3) is 0.643. The molecule has 2 heterocycles. The summed E-state index contributed by atoms with van der Waals surface area (Å²) in [6, 6.07) is 0. The lowest BCUT2D eigenvalue weighted by Crippen LogP contribution is -2.22. The molecule has 0 bridgehead atoms. The van der Waals surface area contributed by atoms with E-state index in [0.29, 0.717) is 22.2 Å². The third kappa shape index (κ3) is 3.41. The summed E-state index contributed by atoms with van der Waals surface area (Å²) < 4.78 is 5.34. The summed E-state index contributed by atoms with van der Waals surface area (Å²) in [5.74, 6) is 1.02. The lowest BCUT2D eigenvalue weighted by Gasteiger charge is -2.14. The average molecular weight is 312 g/mol. The first-order valence-corrected chi connectivity index (χ1v) is 8.06. The highest BCUT2D eigenvalue weighted by molar-refractivity contribution is 7.19. The Kier molecular flexibility index (Phi) is 5.30. The number of amides is 1. The summed E-state index contributed by atoms with van der Waals surface area (Å²) in [6.45, 7) is 6.45. The van der Waals surface area contributed by atoms with E-state index in [2.05, 4.69) is 22.5 Å². The van der Waals surface area contributed by atoms with Crippen molar-refractivity contribution in [3.63, 3.8) is 0 Å². The molecule has 1 amide bonds. The quantitative estimate of drug-likeness (QED) is 0.741. The fourth-order valence-corrected chi connectivity index (χ4v) is 3.68. The lowest BCUT2D eigenvalue weighted by atomic mass is 10.1. The molecule has 0 spiro atoms. The number of thiophene rings is 1. The van der Waals surface area contributed by atoms with Crippen LogP contribution >= 0.6 is 11.3 Å². The molecule has 21 heavy (non-hydrogen) atoms. The first kappa shape index (κ1) is 15.9. The van der Waals surface area contributed by atoms with Gasteiger partial charge in [0.2, 0.25) is 0 Å². The van der Waals surface area contributed by atoms with Gasteiger partial charge in [-0.1, -0.05) is 6.92 Å². The van der Waals surface area contributed by atoms with Crippen LogP contribution in [0.1, 0.15) is 23.0 Å². The third-order valence-corrected chi connectivity index (χ3v) is 5.05. The average Bonchev–Trinajstić information content (AvgIpc) is 3.08. The maximum atomic E-state index is 11.8. The largest absolute Gasteiger partial charge is 0.492 e. The Morgan fingerprint density at radius 2 is 2.33 bits per heavy atom. The minimum absolute atomic E-state index is 0.179. The zero-order valence-electron chi connectivity index (χ0n) is 12.9. The van der Waals surface area contributed by atoms with Gasteiger partial charge in [0.1, 0.15) is 15.6 Å². The van der Waals surface area contributed by atoms with Crippen molar-refractivity contribution in [1.29, 1.82) is 0 Å². The minimum Gasteiger partial charge on any atom is -0.492 e. The number of nitrogens with two attached hydrogens (primary N) is 1. The zero-order valence-corrected chi connectivity index (χ0v) is 13.7. The van der Waals surface area contributed by atoms with Gasteiger partial charge in [-0.2, -0.15) is 0 Å². The number of likely N-dealkylation sites (tertiary alicyclic amines) is 1. The number of ether oxygens (including phenoxy) is 1. The Balaban J connectivity index is 2.04. The second-order valence-electron chi connectivity index (χ2n) is 5.22. The molecule has 2 rings (SSSR count). The lowest BCUT2D eigenvalue weighted by molar-refractivity contribution is 0.0967. The SMILES string of the molecule is CCN1CCC(CNc2sc(C(=O)NC)c(N)c2OC)C1. The zero-order chi connectivity index (χ0) is 15.4. The van der Waals surface area contributed by atoms with Crippen LogP contribution in [0.3, 0.4) is 0 Å². The molecule has 0 aliphatic carbocycles. The smallest absolute Gasteiger partial charge is 0.263 e. The van der Waals surface area contributed by atoms with Crippen molar-refractivity contribution < 1.29 is 9.53 Å². The molecule has 0 radical (unpaired) electrons. The van der Waals surface area contributed by atoms with Gasteiger partial charge in [-0.25, -0.2) is 0 Å². The first-order chi connectivity index (χ1) is 10.1. The number of nitrogen functional groups attached to an aromatic ring is 1. The molecule has 1 saturated heterocycles. The van der Waals surface area contributed by atoms with Crippen LogP contribution < -0.4 is 21.1 Å². The summed E-state index contributed by atoms with van der Waals surface area (Å²) in [6.07, 6.45) is 1.20. The highest BCUT2D eigenvalue weighted by atomic mass is 32.1. The normalized spacial score (nSPS) is 18.7. The van der Waals surface area contributed by atoms with Crippen molar-refractivity contribution in [2.75, 3.05) is 51.4 Å². The highest BCUT2D eigenvalue weighted by Crippen LogP contribution is 2.42. The Morgan fingerprint density at radius 1 is 1.57 bits per heavy atom. The van der Waals surface area contributed by atoms with E-state index < -0.39 is 0 Å². The van der Waals surface area contributed by atoms with E-state index in [1.54, 1.807) is 14.2 Å². The van der Waals surface area contributed by atoms with Crippen LogP contribution in [0.25, 0.3) is 0 Å². The number of methoxy groups -OCH3 is 1. The first-order valence-electron chi connectivity index (χ1n) is 7.25. The number of rotatable bonds is 6. The van der Waals surface area contributed by atoms with E-state index in [1.165, 1.54) is 17.8 Å². The number of hydrogen-bond acceptors (Lipinski definition) is 6. The van der Waals surface area contributed by atoms with Gasteiger partial charge in [-0.05, 0) is 25.4 Å². The maximum Gasteiger partial charge on any atom is 0.263 e. The fourth-order valence-electron chi connectivity index (χ4n) is 2.63. The van der Waals surface area contributed by atoms with Crippen molar-refractivity contribution in [2.24, 2.45) is 5.92 Å². The van der Waals surface area contributed by atoms with Gasteiger partial charge in [-0.15, -0.1) is 11.3 Å². The maximum absolute atomic E-state index is 11.8. The highest BCUT2D eigenvalue weighted by Gasteiger charge is 2.24. The topological polar surface area (TPSA) is 79.6 Å². The number of nitrogens with one attached hydrogen (secondary N) is 2. The molecule has 118 valence electrons. The molecule has 0 saturated carbocycles. The van der Waals surface area contributed by atoms with Gasteiger partial charge >= 0.3 is 0 Å². The minimum atomic E-state index is -0.179. The number of hydrogen-bond donors (Lipinski definition) is 3. The summed E-state index contributed by atoms with van der Waals surface area (Å²) in [5.41, 5.74) is 6.40. The van der Waals surface area contributed by atoms with Crippen molar-refractivity contribution >= 4 is 27.9 Å². The summed E-state index contributed by atoms with van der Waals surface area (Å²) in [7, 11) is 3.17. The van der Waals surface area contributed by atoms with E-state index in [9.17, 15) is 4.79 Å². The summed E-state index contributed by atoms with van der Waals surface area (Å²) >= 11 is 1.35. The number of nitrogens with zero attached hydrogens (tertiary/aromatic N) is 1. The van der Waals surface area contributed by atoms with Crippen molar-refractivity contribution in [3.8, 4) is 5.75 Å². The van der Waals surface area contributed by atoms with E-state index in [4.69, 9.17) is 10.5 Å². The van der Waals surface area contributed by atoms with Crippen LogP contribution in [0.4, 0.5) is 10.7 Å². The van der Waals surface area contributed by atoms with E-state index >= 15 is 0 Å². The molecule has 1 atom stereocenters. The molecular weight excluding hydrogens is 288 g/mol. The molecule has 1 aromatic heterocycles. The number of carbonyl (C=O) groups is 1. The number of anilines is 2. The van der Waals surface area contributed by atoms with Gasteiger partial charge in [0.15, 0.2) is 5.75 Å². The van der Waals surface area contributed by atoms with Gasteiger partial charge in [-0.3, -0.25) is 4.79 Å². The second-order valence-corrected chi connectivity index (χ2v) is 6.24. The molecule has 0 aromatic carbocycles. The van der Waals surface area contributed by atoms with Gasteiger partial charge in [0.25, 0.3) is 5.91 Å². The van der Waals surface area contributed by atoms with Gasteiger partial charge in [0.05, 0.1) is 7.11 Å². The Bertz CT molecular complexity index is 503. The van der Waals surface area contributed by atoms with Crippen molar-refractivity contribution in [3.05, 3.63) is 4.88 Å². The van der Waals surface area contributed by atoms with Crippen LogP contribution in [0, 0.1) is 5.92 Å². The van der Waals surface area contributed by atoms with E-state index in [1.807, 2.05) is 0 Å².